The van der Waals surface area contributed by atoms with Crippen molar-refractivity contribution in [3.63, 3.8) is 0 Å². The fourth-order valence-corrected chi connectivity index (χ4v) is 3.67. The van der Waals surface area contributed by atoms with E-state index in [1.54, 1.807) is 30.0 Å². The standard InChI is InChI=1S/C24H30Cl2N2O2/c1-5-27-24(30)17(4)28(15-20-11-12-21(25)14-22(20)26)23(29)13-8-18-6-9-19(10-7-18)16(2)3/h6-7,9-12,14,16-17H,5,8,13,15H2,1-4H3,(H,27,30). The average Bonchev–Trinajstić information content (AvgIpc) is 2.71. The molecule has 2 rings (SSSR count). The molecule has 0 aromatic heterocycles. The van der Waals surface area contributed by atoms with E-state index >= 15 is 0 Å². The van der Waals surface area contributed by atoms with Gasteiger partial charge in [0.15, 0.2) is 0 Å². The van der Waals surface area contributed by atoms with Crippen LogP contribution in [-0.4, -0.2) is 29.3 Å². The Morgan fingerprint density at radius 1 is 1.03 bits per heavy atom. The van der Waals surface area contributed by atoms with Crippen molar-refractivity contribution >= 4 is 35.0 Å². The number of benzene rings is 2. The van der Waals surface area contributed by atoms with E-state index in [0.29, 0.717) is 35.3 Å². The SMILES string of the molecule is CCNC(=O)C(C)N(Cc1ccc(Cl)cc1Cl)C(=O)CCc1ccc(C(C)C)cc1. The summed E-state index contributed by atoms with van der Waals surface area (Å²) in [5.41, 5.74) is 3.13. The van der Waals surface area contributed by atoms with Crippen molar-refractivity contribution in [2.75, 3.05) is 6.54 Å². The molecule has 0 saturated heterocycles. The number of nitrogens with one attached hydrogen (secondary N) is 1. The number of likely N-dealkylation sites (N-methyl/N-ethyl adjacent to an activating group) is 1. The topological polar surface area (TPSA) is 49.4 Å². The van der Waals surface area contributed by atoms with Gasteiger partial charge >= 0.3 is 0 Å². The molecule has 0 fully saturated rings. The maximum absolute atomic E-state index is 13.1. The van der Waals surface area contributed by atoms with Crippen LogP contribution in [0.3, 0.4) is 0 Å². The van der Waals surface area contributed by atoms with Gasteiger partial charge < -0.3 is 10.2 Å². The highest BCUT2D eigenvalue weighted by atomic mass is 35.5. The van der Waals surface area contributed by atoms with Gasteiger partial charge in [0.2, 0.25) is 11.8 Å². The smallest absolute Gasteiger partial charge is 0.242 e. The predicted molar refractivity (Wildman–Crippen MR) is 124 cm³/mol. The van der Waals surface area contributed by atoms with Gasteiger partial charge in [0.25, 0.3) is 0 Å². The van der Waals surface area contributed by atoms with Crippen molar-refractivity contribution in [1.29, 1.82) is 0 Å². The molecular weight excluding hydrogens is 419 g/mol. The summed E-state index contributed by atoms with van der Waals surface area (Å²) >= 11 is 12.3. The van der Waals surface area contributed by atoms with Crippen LogP contribution in [0.4, 0.5) is 0 Å². The van der Waals surface area contributed by atoms with Crippen LogP contribution in [0.2, 0.25) is 10.0 Å². The van der Waals surface area contributed by atoms with Gasteiger partial charge in [0.05, 0.1) is 0 Å². The molecule has 6 heteroatoms. The number of carbonyl (C=O) groups excluding carboxylic acids is 2. The van der Waals surface area contributed by atoms with E-state index in [9.17, 15) is 9.59 Å². The number of carbonyl (C=O) groups is 2. The molecule has 1 N–H and O–H groups in total. The molecule has 1 atom stereocenters. The summed E-state index contributed by atoms with van der Waals surface area (Å²) in [5.74, 6) is 0.197. The molecule has 2 aromatic rings. The van der Waals surface area contributed by atoms with Crippen LogP contribution in [-0.2, 0) is 22.6 Å². The molecule has 30 heavy (non-hydrogen) atoms. The minimum absolute atomic E-state index is 0.0901. The average molecular weight is 449 g/mol. The lowest BCUT2D eigenvalue weighted by molar-refractivity contribution is -0.140. The first kappa shape index (κ1) is 24.2. The van der Waals surface area contributed by atoms with Gasteiger partial charge in [-0.3, -0.25) is 9.59 Å². The van der Waals surface area contributed by atoms with Crippen LogP contribution in [0.25, 0.3) is 0 Å². The zero-order valence-electron chi connectivity index (χ0n) is 18.0. The number of hydrogen-bond donors (Lipinski definition) is 1. The minimum Gasteiger partial charge on any atom is -0.355 e. The van der Waals surface area contributed by atoms with Gasteiger partial charge in [-0.1, -0.05) is 67.4 Å². The van der Waals surface area contributed by atoms with Crippen molar-refractivity contribution in [2.24, 2.45) is 0 Å². The monoisotopic (exact) mass is 448 g/mol. The molecule has 0 aliphatic carbocycles. The summed E-state index contributed by atoms with van der Waals surface area (Å²) < 4.78 is 0. The number of rotatable bonds is 9. The number of nitrogens with zero attached hydrogens (tertiary/aromatic N) is 1. The molecule has 0 bridgehead atoms. The Hall–Kier alpha value is -2.04. The Kier molecular flexibility index (Phi) is 9.19. The molecule has 162 valence electrons. The third kappa shape index (κ3) is 6.75. The first-order valence-corrected chi connectivity index (χ1v) is 11.1. The predicted octanol–water partition coefficient (Wildman–Crippen LogP) is 5.60. The Labute approximate surface area is 189 Å². The summed E-state index contributed by atoms with van der Waals surface area (Å²) in [6, 6.07) is 12.9. The van der Waals surface area contributed by atoms with Crippen molar-refractivity contribution in [1.82, 2.24) is 10.2 Å². The second-order valence-electron chi connectivity index (χ2n) is 7.72. The Balaban J connectivity index is 2.15. The number of aryl methyl sites for hydroxylation is 1. The fraction of sp³-hybridized carbons (Fsp3) is 0.417. The molecule has 0 radical (unpaired) electrons. The van der Waals surface area contributed by atoms with Crippen LogP contribution < -0.4 is 5.32 Å². The zero-order valence-corrected chi connectivity index (χ0v) is 19.6. The van der Waals surface area contributed by atoms with Crippen LogP contribution in [0, 0.1) is 0 Å². The van der Waals surface area contributed by atoms with E-state index in [4.69, 9.17) is 23.2 Å². The van der Waals surface area contributed by atoms with E-state index in [0.717, 1.165) is 11.1 Å². The summed E-state index contributed by atoms with van der Waals surface area (Å²) in [5, 5.41) is 3.80. The number of halogens is 2. The molecular formula is C24H30Cl2N2O2. The van der Waals surface area contributed by atoms with Gasteiger partial charge in [-0.25, -0.2) is 0 Å². The number of hydrogen-bond acceptors (Lipinski definition) is 2. The van der Waals surface area contributed by atoms with Crippen molar-refractivity contribution < 1.29 is 9.59 Å². The molecule has 0 aliphatic rings. The van der Waals surface area contributed by atoms with Crippen molar-refractivity contribution in [2.45, 2.75) is 59.0 Å². The lowest BCUT2D eigenvalue weighted by Gasteiger charge is -2.29. The molecule has 0 saturated carbocycles. The highest BCUT2D eigenvalue weighted by Crippen LogP contribution is 2.24. The normalized spacial score (nSPS) is 12.0. The molecule has 1 unspecified atom stereocenters. The quantitative estimate of drug-likeness (QED) is 0.542. The van der Waals surface area contributed by atoms with Gasteiger partial charge in [0, 0.05) is 29.6 Å². The zero-order chi connectivity index (χ0) is 22.3. The van der Waals surface area contributed by atoms with Crippen molar-refractivity contribution in [3.8, 4) is 0 Å². The summed E-state index contributed by atoms with van der Waals surface area (Å²) in [7, 11) is 0. The lowest BCUT2D eigenvalue weighted by atomic mass is 10.00. The molecule has 0 aliphatic heterocycles. The third-order valence-corrected chi connectivity index (χ3v) is 5.73. The van der Waals surface area contributed by atoms with Gasteiger partial charge in [-0.15, -0.1) is 0 Å². The van der Waals surface area contributed by atoms with Crippen molar-refractivity contribution in [3.05, 3.63) is 69.2 Å². The second kappa shape index (κ2) is 11.4. The van der Waals surface area contributed by atoms with Crippen LogP contribution in [0.1, 0.15) is 56.7 Å². The van der Waals surface area contributed by atoms with E-state index in [1.165, 1.54) is 5.56 Å². The third-order valence-electron chi connectivity index (χ3n) is 5.15. The van der Waals surface area contributed by atoms with Gasteiger partial charge in [-0.2, -0.15) is 0 Å². The van der Waals surface area contributed by atoms with Gasteiger partial charge in [-0.05, 0) is 55.0 Å². The fourth-order valence-electron chi connectivity index (χ4n) is 3.20. The molecule has 2 aromatic carbocycles. The minimum atomic E-state index is -0.604. The van der Waals surface area contributed by atoms with E-state index in [-0.39, 0.29) is 18.4 Å². The lowest BCUT2D eigenvalue weighted by Crippen LogP contribution is -2.47. The van der Waals surface area contributed by atoms with Gasteiger partial charge in [0.1, 0.15) is 6.04 Å². The molecule has 4 nitrogen and oxygen atoms in total. The highest BCUT2D eigenvalue weighted by Gasteiger charge is 2.26. The number of amides is 2. The first-order valence-electron chi connectivity index (χ1n) is 10.3. The largest absolute Gasteiger partial charge is 0.355 e. The summed E-state index contributed by atoms with van der Waals surface area (Å²) in [6.07, 6.45) is 0.931. The highest BCUT2D eigenvalue weighted by molar-refractivity contribution is 6.35. The second-order valence-corrected chi connectivity index (χ2v) is 8.57. The van der Waals surface area contributed by atoms with E-state index in [1.807, 2.05) is 6.92 Å². The van der Waals surface area contributed by atoms with E-state index < -0.39 is 6.04 Å². The molecule has 2 amide bonds. The van der Waals surface area contributed by atoms with Crippen LogP contribution in [0.15, 0.2) is 42.5 Å². The first-order chi connectivity index (χ1) is 14.2. The Morgan fingerprint density at radius 2 is 1.70 bits per heavy atom. The maximum Gasteiger partial charge on any atom is 0.242 e. The van der Waals surface area contributed by atoms with E-state index in [2.05, 4.69) is 43.4 Å². The Morgan fingerprint density at radius 3 is 2.27 bits per heavy atom. The summed E-state index contributed by atoms with van der Waals surface area (Å²) in [4.78, 5) is 27.1. The maximum atomic E-state index is 13.1. The van der Waals surface area contributed by atoms with Crippen LogP contribution >= 0.6 is 23.2 Å². The molecule has 0 spiro atoms. The van der Waals surface area contributed by atoms with Crippen LogP contribution in [0.5, 0.6) is 0 Å². The molecule has 0 heterocycles. The summed E-state index contributed by atoms with van der Waals surface area (Å²) in [6.45, 7) is 8.66. The Bertz CT molecular complexity index is 866.